The van der Waals surface area contributed by atoms with Crippen molar-refractivity contribution in [1.29, 1.82) is 0 Å². The first-order valence-electron chi connectivity index (χ1n) is 9.97. The number of nitrogens with one attached hydrogen (secondary N) is 2. The average molecular weight is 376 g/mol. The maximum Gasteiger partial charge on any atom is 0.279 e. The first kappa shape index (κ1) is 21.1. The lowest BCUT2D eigenvalue weighted by atomic mass is 9.79. The quantitative estimate of drug-likeness (QED) is 0.680. The van der Waals surface area contributed by atoms with Crippen LogP contribution in [0.1, 0.15) is 59.3 Å². The van der Waals surface area contributed by atoms with E-state index in [1.807, 2.05) is 6.92 Å². The van der Waals surface area contributed by atoms with Gasteiger partial charge in [-0.1, -0.05) is 39.0 Å². The van der Waals surface area contributed by atoms with E-state index < -0.39 is 6.10 Å². The highest BCUT2D eigenvalue weighted by Gasteiger charge is 2.22. The van der Waals surface area contributed by atoms with Crippen LogP contribution in [-0.2, 0) is 9.59 Å². The monoisotopic (exact) mass is 376 g/mol. The Bertz CT molecular complexity index is 597. The van der Waals surface area contributed by atoms with Gasteiger partial charge in [-0.15, -0.1) is 0 Å². The molecule has 2 amide bonds. The molecule has 0 saturated heterocycles. The van der Waals surface area contributed by atoms with Crippen molar-refractivity contribution in [3.63, 3.8) is 0 Å². The smallest absolute Gasteiger partial charge is 0.279 e. The highest BCUT2D eigenvalue weighted by Crippen LogP contribution is 2.31. The summed E-state index contributed by atoms with van der Waals surface area (Å²) in [6, 6.07) is 7.08. The van der Waals surface area contributed by atoms with E-state index in [2.05, 4.69) is 17.8 Å². The van der Waals surface area contributed by atoms with E-state index in [-0.39, 0.29) is 11.8 Å². The number of carbonyl (C=O) groups is 2. The summed E-state index contributed by atoms with van der Waals surface area (Å²) in [6.07, 6.45) is 5.93. The molecule has 6 nitrogen and oxygen atoms in total. The number of amides is 2. The number of carbonyl (C=O) groups excluding carboxylic acids is 2. The van der Waals surface area contributed by atoms with Gasteiger partial charge in [0, 0.05) is 6.42 Å². The van der Waals surface area contributed by atoms with Crippen LogP contribution in [-0.4, -0.2) is 24.5 Å². The van der Waals surface area contributed by atoms with Gasteiger partial charge in [0.15, 0.2) is 6.10 Å². The van der Waals surface area contributed by atoms with Gasteiger partial charge in [0.1, 0.15) is 11.5 Å². The standard InChI is InChI=1S/C21H32N2O4/c1-4-26-18-10-12-19(13-11-18)27-16(3)21(25)23-22-20(24)14-15(2)17-8-6-5-7-9-17/h10-13,15-17H,4-9,14H2,1-3H3,(H,22,24)(H,23,25). The zero-order valence-electron chi connectivity index (χ0n) is 16.6. The molecule has 1 aromatic rings. The number of hydrogen-bond donors (Lipinski definition) is 2. The first-order valence-corrected chi connectivity index (χ1v) is 9.97. The van der Waals surface area contributed by atoms with Crippen LogP contribution in [0.4, 0.5) is 0 Å². The third-order valence-corrected chi connectivity index (χ3v) is 5.10. The minimum Gasteiger partial charge on any atom is -0.494 e. The zero-order chi connectivity index (χ0) is 19.6. The van der Waals surface area contributed by atoms with Crippen molar-refractivity contribution in [3.8, 4) is 11.5 Å². The summed E-state index contributed by atoms with van der Waals surface area (Å²) in [7, 11) is 0. The molecule has 0 heterocycles. The molecule has 2 rings (SSSR count). The Labute approximate surface area is 162 Å². The molecule has 0 aromatic heterocycles. The predicted octanol–water partition coefficient (Wildman–Crippen LogP) is 3.61. The van der Waals surface area contributed by atoms with Crippen LogP contribution in [0.2, 0.25) is 0 Å². The molecule has 27 heavy (non-hydrogen) atoms. The van der Waals surface area contributed by atoms with E-state index in [4.69, 9.17) is 9.47 Å². The maximum absolute atomic E-state index is 12.1. The molecule has 0 radical (unpaired) electrons. The fraction of sp³-hybridized carbons (Fsp3) is 0.619. The molecule has 2 N–H and O–H groups in total. The molecule has 6 heteroatoms. The largest absolute Gasteiger partial charge is 0.494 e. The van der Waals surface area contributed by atoms with Crippen LogP contribution < -0.4 is 20.3 Å². The molecule has 1 aliphatic carbocycles. The molecule has 0 aliphatic heterocycles. The molecular weight excluding hydrogens is 344 g/mol. The molecule has 150 valence electrons. The van der Waals surface area contributed by atoms with Crippen LogP contribution in [0, 0.1) is 11.8 Å². The molecule has 1 saturated carbocycles. The molecular formula is C21H32N2O4. The van der Waals surface area contributed by atoms with E-state index in [1.54, 1.807) is 31.2 Å². The molecule has 2 unspecified atom stereocenters. The van der Waals surface area contributed by atoms with Gasteiger partial charge in [-0.25, -0.2) is 0 Å². The van der Waals surface area contributed by atoms with E-state index in [1.165, 1.54) is 32.1 Å². The number of hydrazine groups is 1. The molecule has 2 atom stereocenters. The third kappa shape index (κ3) is 7.12. The molecule has 1 fully saturated rings. The number of hydrogen-bond acceptors (Lipinski definition) is 4. The predicted molar refractivity (Wildman–Crippen MR) is 104 cm³/mol. The number of rotatable bonds is 8. The normalized spacial score (nSPS) is 16.9. The van der Waals surface area contributed by atoms with E-state index in [0.29, 0.717) is 30.6 Å². The van der Waals surface area contributed by atoms with Crippen molar-refractivity contribution >= 4 is 11.8 Å². The van der Waals surface area contributed by atoms with Crippen LogP contribution in [0.3, 0.4) is 0 Å². The van der Waals surface area contributed by atoms with Crippen molar-refractivity contribution in [2.75, 3.05) is 6.61 Å². The number of ether oxygens (including phenoxy) is 2. The average Bonchev–Trinajstić information content (AvgIpc) is 2.68. The van der Waals surface area contributed by atoms with Crippen LogP contribution in [0.15, 0.2) is 24.3 Å². The minimum atomic E-state index is -0.723. The van der Waals surface area contributed by atoms with E-state index in [9.17, 15) is 9.59 Å². The second-order valence-electron chi connectivity index (χ2n) is 7.28. The van der Waals surface area contributed by atoms with Gasteiger partial charge in [-0.2, -0.15) is 0 Å². The SMILES string of the molecule is CCOc1ccc(OC(C)C(=O)NNC(=O)CC(C)C2CCCCC2)cc1. The highest BCUT2D eigenvalue weighted by molar-refractivity contribution is 5.84. The maximum atomic E-state index is 12.1. The Morgan fingerprint density at radius 2 is 1.67 bits per heavy atom. The summed E-state index contributed by atoms with van der Waals surface area (Å²) in [5, 5.41) is 0. The van der Waals surface area contributed by atoms with E-state index in [0.717, 1.165) is 5.75 Å². The van der Waals surface area contributed by atoms with Gasteiger partial charge in [0.05, 0.1) is 6.61 Å². The Morgan fingerprint density at radius 3 is 2.30 bits per heavy atom. The molecule has 1 aromatic carbocycles. The Balaban J connectivity index is 1.71. The van der Waals surface area contributed by atoms with Crippen molar-refractivity contribution in [2.24, 2.45) is 11.8 Å². The van der Waals surface area contributed by atoms with Gasteiger partial charge in [0.2, 0.25) is 5.91 Å². The summed E-state index contributed by atoms with van der Waals surface area (Å²) >= 11 is 0. The Hall–Kier alpha value is -2.24. The fourth-order valence-electron chi connectivity index (χ4n) is 3.49. The van der Waals surface area contributed by atoms with Crippen LogP contribution >= 0.6 is 0 Å². The van der Waals surface area contributed by atoms with Crippen molar-refractivity contribution in [3.05, 3.63) is 24.3 Å². The number of benzene rings is 1. The van der Waals surface area contributed by atoms with Gasteiger partial charge < -0.3 is 9.47 Å². The molecule has 0 spiro atoms. The van der Waals surface area contributed by atoms with Gasteiger partial charge in [0.25, 0.3) is 5.91 Å². The third-order valence-electron chi connectivity index (χ3n) is 5.10. The topological polar surface area (TPSA) is 76.7 Å². The van der Waals surface area contributed by atoms with Crippen molar-refractivity contribution in [2.45, 2.75) is 65.4 Å². The first-order chi connectivity index (χ1) is 13.0. The molecule has 0 bridgehead atoms. The van der Waals surface area contributed by atoms with E-state index >= 15 is 0 Å². The van der Waals surface area contributed by atoms with Crippen molar-refractivity contribution in [1.82, 2.24) is 10.9 Å². The van der Waals surface area contributed by atoms with Gasteiger partial charge in [-0.05, 0) is 49.9 Å². The minimum absolute atomic E-state index is 0.158. The zero-order valence-corrected chi connectivity index (χ0v) is 16.6. The second-order valence-corrected chi connectivity index (χ2v) is 7.28. The summed E-state index contributed by atoms with van der Waals surface area (Å²) < 4.78 is 11.0. The Kier molecular flexibility index (Phi) is 8.43. The van der Waals surface area contributed by atoms with Crippen LogP contribution in [0.5, 0.6) is 11.5 Å². The van der Waals surface area contributed by atoms with Crippen LogP contribution in [0.25, 0.3) is 0 Å². The highest BCUT2D eigenvalue weighted by atomic mass is 16.5. The van der Waals surface area contributed by atoms with Gasteiger partial charge in [-0.3, -0.25) is 20.4 Å². The summed E-state index contributed by atoms with van der Waals surface area (Å²) in [6.45, 7) is 6.27. The summed E-state index contributed by atoms with van der Waals surface area (Å²) in [4.78, 5) is 24.2. The Morgan fingerprint density at radius 1 is 1.04 bits per heavy atom. The second kappa shape index (κ2) is 10.8. The van der Waals surface area contributed by atoms with Crippen molar-refractivity contribution < 1.29 is 19.1 Å². The molecule has 1 aliphatic rings. The lowest BCUT2D eigenvalue weighted by Gasteiger charge is -2.27. The summed E-state index contributed by atoms with van der Waals surface area (Å²) in [5.41, 5.74) is 4.96. The lowest BCUT2D eigenvalue weighted by molar-refractivity contribution is -0.133. The van der Waals surface area contributed by atoms with Gasteiger partial charge >= 0.3 is 0 Å². The fourth-order valence-corrected chi connectivity index (χ4v) is 3.49. The summed E-state index contributed by atoms with van der Waals surface area (Å²) in [5.74, 6) is 1.72. The lowest BCUT2D eigenvalue weighted by Crippen LogP contribution is -2.47.